The van der Waals surface area contributed by atoms with Crippen LogP contribution in [-0.4, -0.2) is 17.7 Å². The number of esters is 1. The lowest BCUT2D eigenvalue weighted by Crippen LogP contribution is -2.06. The molecule has 3 heteroatoms. The quantitative estimate of drug-likeness (QED) is 0.181. The van der Waals surface area contributed by atoms with Gasteiger partial charge in [0.15, 0.2) is 0 Å². The Kier molecular flexibility index (Phi) is 16.2. The van der Waals surface area contributed by atoms with Crippen LogP contribution in [0.2, 0.25) is 0 Å². The van der Waals surface area contributed by atoms with Crippen LogP contribution in [0.25, 0.3) is 0 Å². The summed E-state index contributed by atoms with van der Waals surface area (Å²) in [7, 11) is 0. The van der Waals surface area contributed by atoms with E-state index in [-0.39, 0.29) is 11.3 Å². The average molecular weight is 419 g/mol. The molecule has 0 fully saturated rings. The number of phenolic OH excluding ortho intramolecular Hbond substituents is 1. The summed E-state index contributed by atoms with van der Waals surface area (Å²) in [6.07, 6.45) is 21.3. The maximum atomic E-state index is 11.9. The Hall–Kier alpha value is -1.51. The fraction of sp³-hybridized carbons (Fsp3) is 0.741. The number of phenols is 1. The Morgan fingerprint density at radius 1 is 0.733 bits per heavy atom. The van der Waals surface area contributed by atoms with E-state index in [0.29, 0.717) is 6.61 Å². The number of rotatable bonds is 19. The molecule has 1 rings (SSSR count). The number of benzene rings is 1. The Morgan fingerprint density at radius 2 is 1.17 bits per heavy atom. The molecule has 0 aliphatic rings. The van der Waals surface area contributed by atoms with Crippen molar-refractivity contribution in [3.8, 4) is 5.75 Å². The summed E-state index contributed by atoms with van der Waals surface area (Å²) >= 11 is 0. The fourth-order valence-electron chi connectivity index (χ4n) is 3.84. The van der Waals surface area contributed by atoms with Crippen molar-refractivity contribution in [1.29, 1.82) is 0 Å². The molecule has 0 radical (unpaired) electrons. The normalized spacial score (nSPS) is 11.2. The lowest BCUT2D eigenvalue weighted by molar-refractivity contribution is 0.0494. The molecule has 30 heavy (non-hydrogen) atoms. The highest BCUT2D eigenvalue weighted by Crippen LogP contribution is 2.17. The van der Waals surface area contributed by atoms with Crippen LogP contribution in [0.1, 0.15) is 127 Å². The van der Waals surface area contributed by atoms with Gasteiger partial charge in [-0.3, -0.25) is 0 Å². The van der Waals surface area contributed by atoms with Gasteiger partial charge in [0, 0.05) is 0 Å². The summed E-state index contributed by atoms with van der Waals surface area (Å²) in [5.74, 6) is 0.421. The predicted molar refractivity (Wildman–Crippen MR) is 127 cm³/mol. The highest BCUT2D eigenvalue weighted by atomic mass is 16.5. The van der Waals surface area contributed by atoms with Crippen LogP contribution in [0.15, 0.2) is 24.3 Å². The molecule has 0 aromatic heterocycles. The molecule has 3 nitrogen and oxygen atoms in total. The Bertz CT molecular complexity index is 539. The molecule has 0 heterocycles. The zero-order valence-electron chi connectivity index (χ0n) is 19.7. The van der Waals surface area contributed by atoms with Gasteiger partial charge in [0.25, 0.3) is 0 Å². The van der Waals surface area contributed by atoms with Crippen molar-refractivity contribution in [3.05, 3.63) is 29.8 Å². The summed E-state index contributed by atoms with van der Waals surface area (Å²) in [5.41, 5.74) is 0.249. The van der Waals surface area contributed by atoms with Crippen molar-refractivity contribution in [2.24, 2.45) is 5.92 Å². The van der Waals surface area contributed by atoms with Gasteiger partial charge in [-0.25, -0.2) is 4.79 Å². The Labute approximate surface area is 185 Å². The average Bonchev–Trinajstić information content (AvgIpc) is 2.72. The monoisotopic (exact) mass is 418 g/mol. The maximum absolute atomic E-state index is 11.9. The van der Waals surface area contributed by atoms with Gasteiger partial charge in [0.05, 0.1) is 6.61 Å². The third-order valence-electron chi connectivity index (χ3n) is 5.78. The standard InChI is InChI=1S/C27H46O3/c1-24(2)20-16-14-12-10-8-6-4-3-5-7-9-11-13-15-19-23-30-27(29)25-21-17-18-22-26(25)28/h17-18,21-22,24,28H,3-16,19-20,23H2,1-2H3. The summed E-state index contributed by atoms with van der Waals surface area (Å²) in [4.78, 5) is 11.9. The fourth-order valence-corrected chi connectivity index (χ4v) is 3.84. The number of ether oxygens (including phenoxy) is 1. The number of unbranched alkanes of at least 4 members (excludes halogenated alkanes) is 14. The van der Waals surface area contributed by atoms with Crippen molar-refractivity contribution in [3.63, 3.8) is 0 Å². The molecule has 172 valence electrons. The van der Waals surface area contributed by atoms with E-state index in [0.717, 1.165) is 18.8 Å². The predicted octanol–water partition coefficient (Wildman–Crippen LogP) is 8.45. The third kappa shape index (κ3) is 14.5. The van der Waals surface area contributed by atoms with E-state index in [1.807, 2.05) is 0 Å². The summed E-state index contributed by atoms with van der Waals surface area (Å²) in [5, 5.41) is 9.64. The maximum Gasteiger partial charge on any atom is 0.341 e. The minimum atomic E-state index is -0.431. The van der Waals surface area contributed by atoms with Gasteiger partial charge in [-0.05, 0) is 24.5 Å². The lowest BCUT2D eigenvalue weighted by atomic mass is 10.0. The molecule has 0 amide bonds. The summed E-state index contributed by atoms with van der Waals surface area (Å²) < 4.78 is 5.24. The molecule has 0 atom stereocenters. The van der Waals surface area contributed by atoms with Crippen molar-refractivity contribution in [1.82, 2.24) is 0 Å². The molecule has 0 bridgehead atoms. The van der Waals surface area contributed by atoms with Gasteiger partial charge in [-0.15, -0.1) is 0 Å². The van der Waals surface area contributed by atoms with E-state index in [2.05, 4.69) is 13.8 Å². The van der Waals surface area contributed by atoms with Gasteiger partial charge in [0.1, 0.15) is 11.3 Å². The van der Waals surface area contributed by atoms with Gasteiger partial charge < -0.3 is 9.84 Å². The molecular weight excluding hydrogens is 372 g/mol. The van der Waals surface area contributed by atoms with E-state index in [9.17, 15) is 9.90 Å². The van der Waals surface area contributed by atoms with Crippen LogP contribution in [0.3, 0.4) is 0 Å². The molecule has 0 unspecified atom stereocenters. The molecule has 0 spiro atoms. The minimum absolute atomic E-state index is 0.0143. The van der Waals surface area contributed by atoms with Crippen LogP contribution in [0, 0.1) is 5.92 Å². The number of hydrogen-bond donors (Lipinski definition) is 1. The number of aromatic hydroxyl groups is 1. The molecule has 0 saturated carbocycles. The van der Waals surface area contributed by atoms with Gasteiger partial charge in [-0.1, -0.05) is 122 Å². The van der Waals surface area contributed by atoms with Gasteiger partial charge >= 0.3 is 5.97 Å². The molecule has 1 aromatic carbocycles. The molecule has 0 aliphatic heterocycles. The van der Waals surface area contributed by atoms with E-state index < -0.39 is 5.97 Å². The third-order valence-corrected chi connectivity index (χ3v) is 5.78. The SMILES string of the molecule is CC(C)CCCCCCCCCCCCCCCCCOC(=O)c1ccccc1O. The number of para-hydroxylation sites is 1. The molecule has 1 N–H and O–H groups in total. The van der Waals surface area contributed by atoms with E-state index >= 15 is 0 Å². The highest BCUT2D eigenvalue weighted by Gasteiger charge is 2.10. The largest absolute Gasteiger partial charge is 0.507 e. The minimum Gasteiger partial charge on any atom is -0.507 e. The van der Waals surface area contributed by atoms with Crippen LogP contribution < -0.4 is 0 Å². The second-order valence-electron chi connectivity index (χ2n) is 9.14. The van der Waals surface area contributed by atoms with Crippen molar-refractivity contribution in [2.75, 3.05) is 6.61 Å². The first-order valence-corrected chi connectivity index (χ1v) is 12.6. The van der Waals surface area contributed by atoms with Crippen molar-refractivity contribution < 1.29 is 14.6 Å². The Morgan fingerprint density at radius 3 is 1.63 bits per heavy atom. The first kappa shape index (κ1) is 26.5. The smallest absolute Gasteiger partial charge is 0.341 e. The van der Waals surface area contributed by atoms with Gasteiger partial charge in [-0.2, -0.15) is 0 Å². The lowest BCUT2D eigenvalue weighted by Gasteiger charge is -2.06. The van der Waals surface area contributed by atoms with Crippen molar-refractivity contribution >= 4 is 5.97 Å². The molecule has 0 saturated heterocycles. The molecular formula is C27H46O3. The second kappa shape index (κ2) is 18.3. The number of hydrogen-bond acceptors (Lipinski definition) is 3. The molecule has 1 aromatic rings. The van der Waals surface area contributed by atoms with Crippen molar-refractivity contribution in [2.45, 2.75) is 117 Å². The second-order valence-corrected chi connectivity index (χ2v) is 9.14. The zero-order chi connectivity index (χ0) is 21.9. The summed E-state index contributed by atoms with van der Waals surface area (Å²) in [6, 6.07) is 6.52. The van der Waals surface area contributed by atoms with Crippen LogP contribution >= 0.6 is 0 Å². The highest BCUT2D eigenvalue weighted by molar-refractivity contribution is 5.92. The first-order valence-electron chi connectivity index (χ1n) is 12.6. The number of carbonyl (C=O) groups excluding carboxylic acids is 1. The summed E-state index contributed by atoms with van der Waals surface area (Å²) in [6.45, 7) is 5.07. The van der Waals surface area contributed by atoms with Crippen LogP contribution in [-0.2, 0) is 4.74 Å². The number of carbonyl (C=O) groups is 1. The van der Waals surface area contributed by atoms with Crippen LogP contribution in [0.4, 0.5) is 0 Å². The van der Waals surface area contributed by atoms with E-state index in [1.54, 1.807) is 18.2 Å². The Balaban J connectivity index is 1.78. The van der Waals surface area contributed by atoms with Gasteiger partial charge in [0.2, 0.25) is 0 Å². The van der Waals surface area contributed by atoms with E-state index in [4.69, 9.17) is 4.74 Å². The van der Waals surface area contributed by atoms with E-state index in [1.165, 1.54) is 96.0 Å². The zero-order valence-corrected chi connectivity index (χ0v) is 19.7. The topological polar surface area (TPSA) is 46.5 Å². The van der Waals surface area contributed by atoms with Crippen LogP contribution in [0.5, 0.6) is 5.75 Å². The molecule has 0 aliphatic carbocycles. The first-order chi connectivity index (χ1) is 14.6.